The number of primary amides is 1. The Morgan fingerprint density at radius 1 is 1.62 bits per heavy atom. The van der Waals surface area contributed by atoms with Gasteiger partial charge in [-0.05, 0) is 12.1 Å². The maximum absolute atomic E-state index is 13.3. The summed E-state index contributed by atoms with van der Waals surface area (Å²) in [6, 6.07) is 4.51. The van der Waals surface area contributed by atoms with Crippen LogP contribution in [0.15, 0.2) is 18.2 Å². The summed E-state index contributed by atoms with van der Waals surface area (Å²) in [5, 5.41) is 2.92. The van der Waals surface area contributed by atoms with Gasteiger partial charge in [-0.15, -0.1) is 0 Å². The van der Waals surface area contributed by atoms with Crippen molar-refractivity contribution in [3.05, 3.63) is 24.0 Å². The molecule has 88 valence electrons. The van der Waals surface area contributed by atoms with Crippen LogP contribution in [-0.2, 0) is 4.79 Å². The number of rotatable bonds is 5. The van der Waals surface area contributed by atoms with Gasteiger partial charge in [0.15, 0.2) is 11.6 Å². The van der Waals surface area contributed by atoms with Crippen molar-refractivity contribution in [2.75, 3.05) is 19.0 Å². The molecule has 0 heterocycles. The van der Waals surface area contributed by atoms with Gasteiger partial charge in [-0.3, -0.25) is 4.79 Å². The number of carbonyl (C=O) groups excluding carboxylic acids is 1. The lowest BCUT2D eigenvalue weighted by Gasteiger charge is -2.11. The highest BCUT2D eigenvalue weighted by atomic mass is 19.1. The van der Waals surface area contributed by atoms with Gasteiger partial charge in [0.05, 0.1) is 13.0 Å². The van der Waals surface area contributed by atoms with Crippen LogP contribution in [0.5, 0.6) is 5.75 Å². The molecule has 0 fully saturated rings. The highest BCUT2D eigenvalue weighted by Gasteiger charge is 2.09. The summed E-state index contributed by atoms with van der Waals surface area (Å²) >= 11 is 0. The van der Waals surface area contributed by atoms with Gasteiger partial charge < -0.3 is 15.8 Å². The monoisotopic (exact) mass is 226 g/mol. The van der Waals surface area contributed by atoms with Crippen molar-refractivity contribution < 1.29 is 13.9 Å². The predicted octanol–water partition coefficient (Wildman–Crippen LogP) is 1.37. The van der Waals surface area contributed by atoms with E-state index >= 15 is 0 Å². The standard InChI is InChI=1S/C11H15FN2O2/c1-7(11(13)15)6-14-8-3-4-10(16-2)9(12)5-8/h3-5,7,14H,6H2,1-2H3,(H2,13,15). The van der Waals surface area contributed by atoms with Crippen molar-refractivity contribution in [3.63, 3.8) is 0 Å². The molecule has 0 aromatic heterocycles. The van der Waals surface area contributed by atoms with Gasteiger partial charge in [-0.25, -0.2) is 4.39 Å². The minimum atomic E-state index is -0.445. The lowest BCUT2D eigenvalue weighted by molar-refractivity contribution is -0.120. The summed E-state index contributed by atoms with van der Waals surface area (Å²) in [5.41, 5.74) is 5.69. The molecule has 0 bridgehead atoms. The molecule has 0 aliphatic carbocycles. The second-order valence-electron chi connectivity index (χ2n) is 3.53. The number of carbonyl (C=O) groups is 1. The molecule has 1 unspecified atom stereocenters. The van der Waals surface area contributed by atoms with Gasteiger partial charge in [0, 0.05) is 18.3 Å². The molecule has 1 atom stereocenters. The fourth-order valence-corrected chi connectivity index (χ4v) is 1.15. The summed E-state index contributed by atoms with van der Waals surface area (Å²) in [4.78, 5) is 10.8. The number of hydrogen-bond donors (Lipinski definition) is 2. The molecule has 0 aliphatic rings. The van der Waals surface area contributed by atoms with Crippen molar-refractivity contribution >= 4 is 11.6 Å². The third-order valence-corrected chi connectivity index (χ3v) is 2.25. The van der Waals surface area contributed by atoms with Gasteiger partial charge in [-0.2, -0.15) is 0 Å². The molecule has 1 amide bonds. The largest absolute Gasteiger partial charge is 0.494 e. The smallest absolute Gasteiger partial charge is 0.222 e. The zero-order valence-electron chi connectivity index (χ0n) is 9.29. The summed E-state index contributed by atoms with van der Waals surface area (Å²) in [5.74, 6) is -0.945. The SMILES string of the molecule is COc1ccc(NCC(C)C(N)=O)cc1F. The molecular weight excluding hydrogens is 211 g/mol. The van der Waals surface area contributed by atoms with Crippen molar-refractivity contribution in [1.82, 2.24) is 0 Å². The Kier molecular flexibility index (Phi) is 4.10. The Morgan fingerprint density at radius 2 is 2.31 bits per heavy atom. The fraction of sp³-hybridized carbons (Fsp3) is 0.364. The summed E-state index contributed by atoms with van der Waals surface area (Å²) in [6.45, 7) is 2.08. The van der Waals surface area contributed by atoms with Crippen LogP contribution in [0.4, 0.5) is 10.1 Å². The van der Waals surface area contributed by atoms with E-state index < -0.39 is 5.82 Å². The average molecular weight is 226 g/mol. The first kappa shape index (κ1) is 12.3. The van der Waals surface area contributed by atoms with Crippen LogP contribution in [0.2, 0.25) is 0 Å². The van der Waals surface area contributed by atoms with E-state index in [9.17, 15) is 9.18 Å². The molecule has 0 radical (unpaired) electrons. The van der Waals surface area contributed by atoms with Crippen LogP contribution in [-0.4, -0.2) is 19.6 Å². The predicted molar refractivity (Wildman–Crippen MR) is 59.8 cm³/mol. The molecular formula is C11H15FN2O2. The lowest BCUT2D eigenvalue weighted by Crippen LogP contribution is -2.26. The quantitative estimate of drug-likeness (QED) is 0.797. The van der Waals surface area contributed by atoms with E-state index in [0.717, 1.165) is 0 Å². The topological polar surface area (TPSA) is 64.3 Å². The fourth-order valence-electron chi connectivity index (χ4n) is 1.15. The van der Waals surface area contributed by atoms with Crippen LogP contribution in [0.25, 0.3) is 0 Å². The Balaban J connectivity index is 2.62. The van der Waals surface area contributed by atoms with Crippen molar-refractivity contribution in [2.45, 2.75) is 6.92 Å². The second kappa shape index (κ2) is 5.34. The van der Waals surface area contributed by atoms with Crippen LogP contribution in [0, 0.1) is 11.7 Å². The highest BCUT2D eigenvalue weighted by Crippen LogP contribution is 2.20. The lowest BCUT2D eigenvalue weighted by atomic mass is 10.1. The van der Waals surface area contributed by atoms with Crippen LogP contribution in [0.3, 0.4) is 0 Å². The average Bonchev–Trinajstić information content (AvgIpc) is 2.25. The first-order valence-electron chi connectivity index (χ1n) is 4.91. The number of nitrogens with two attached hydrogens (primary N) is 1. The number of amides is 1. The Hall–Kier alpha value is -1.78. The summed E-state index contributed by atoms with van der Waals surface area (Å²) in [7, 11) is 1.40. The summed E-state index contributed by atoms with van der Waals surface area (Å²) < 4.78 is 18.1. The van der Waals surface area contributed by atoms with E-state index in [1.807, 2.05) is 0 Å². The maximum atomic E-state index is 13.3. The molecule has 0 aliphatic heterocycles. The molecule has 1 rings (SSSR count). The molecule has 1 aromatic rings. The first-order chi connectivity index (χ1) is 7.54. The van der Waals surface area contributed by atoms with Crippen molar-refractivity contribution in [2.24, 2.45) is 11.7 Å². The number of anilines is 1. The van der Waals surface area contributed by atoms with E-state index in [0.29, 0.717) is 12.2 Å². The number of ether oxygens (including phenoxy) is 1. The zero-order valence-corrected chi connectivity index (χ0v) is 9.29. The minimum absolute atomic E-state index is 0.188. The van der Waals surface area contributed by atoms with Gasteiger partial charge in [0.1, 0.15) is 0 Å². The molecule has 0 saturated carbocycles. The molecule has 1 aromatic carbocycles. The maximum Gasteiger partial charge on any atom is 0.222 e. The number of hydrogen-bond acceptors (Lipinski definition) is 3. The molecule has 0 spiro atoms. The van der Waals surface area contributed by atoms with Crippen LogP contribution >= 0.6 is 0 Å². The third-order valence-electron chi connectivity index (χ3n) is 2.25. The van der Waals surface area contributed by atoms with E-state index in [1.165, 1.54) is 19.2 Å². The number of benzene rings is 1. The zero-order chi connectivity index (χ0) is 12.1. The molecule has 4 nitrogen and oxygen atoms in total. The molecule has 5 heteroatoms. The van der Waals surface area contributed by atoms with E-state index in [2.05, 4.69) is 5.32 Å². The van der Waals surface area contributed by atoms with Gasteiger partial charge in [-0.1, -0.05) is 6.92 Å². The second-order valence-corrected chi connectivity index (χ2v) is 3.53. The highest BCUT2D eigenvalue weighted by molar-refractivity contribution is 5.76. The molecule has 16 heavy (non-hydrogen) atoms. The van der Waals surface area contributed by atoms with E-state index in [4.69, 9.17) is 10.5 Å². The van der Waals surface area contributed by atoms with Crippen molar-refractivity contribution in [3.8, 4) is 5.75 Å². The normalized spacial score (nSPS) is 11.9. The minimum Gasteiger partial charge on any atom is -0.494 e. The Bertz CT molecular complexity index is 382. The van der Waals surface area contributed by atoms with Gasteiger partial charge >= 0.3 is 0 Å². The van der Waals surface area contributed by atoms with Crippen LogP contribution in [0.1, 0.15) is 6.92 Å². The number of nitrogens with one attached hydrogen (secondary N) is 1. The van der Waals surface area contributed by atoms with Gasteiger partial charge in [0.2, 0.25) is 5.91 Å². The van der Waals surface area contributed by atoms with Crippen LogP contribution < -0.4 is 15.8 Å². The molecule has 0 saturated heterocycles. The number of halogens is 1. The van der Waals surface area contributed by atoms with Gasteiger partial charge in [0.25, 0.3) is 0 Å². The molecule has 3 N–H and O–H groups in total. The number of methoxy groups -OCH3 is 1. The Morgan fingerprint density at radius 3 is 2.81 bits per heavy atom. The third kappa shape index (κ3) is 3.12. The first-order valence-corrected chi connectivity index (χ1v) is 4.91. The van der Waals surface area contributed by atoms with Crippen molar-refractivity contribution in [1.29, 1.82) is 0 Å². The van der Waals surface area contributed by atoms with E-state index in [-0.39, 0.29) is 17.6 Å². The Labute approximate surface area is 93.6 Å². The summed E-state index contributed by atoms with van der Waals surface area (Å²) in [6.07, 6.45) is 0. The van der Waals surface area contributed by atoms with E-state index in [1.54, 1.807) is 13.0 Å².